The number of halogens is 1. The van der Waals surface area contributed by atoms with Crippen LogP contribution in [0.15, 0.2) is 24.3 Å². The molecule has 0 heterocycles. The van der Waals surface area contributed by atoms with E-state index in [4.69, 9.17) is 5.11 Å². The second-order valence-electron chi connectivity index (χ2n) is 3.76. The quantitative estimate of drug-likeness (QED) is 0.811. The highest BCUT2D eigenvalue weighted by Crippen LogP contribution is 2.11. The van der Waals surface area contributed by atoms with E-state index >= 15 is 0 Å². The van der Waals surface area contributed by atoms with Crippen molar-refractivity contribution in [1.82, 2.24) is 0 Å². The van der Waals surface area contributed by atoms with Crippen LogP contribution in [0.4, 0.5) is 4.39 Å². The largest absolute Gasteiger partial charge is 0.481 e. The summed E-state index contributed by atoms with van der Waals surface area (Å²) in [5, 5.41) is 8.67. The SMILES string of the molecule is CC(CCCc1ccc(F)cc1)C(=O)O. The molecule has 0 fully saturated rings. The van der Waals surface area contributed by atoms with Crippen molar-refractivity contribution < 1.29 is 14.3 Å². The molecule has 15 heavy (non-hydrogen) atoms. The number of rotatable bonds is 5. The second-order valence-corrected chi connectivity index (χ2v) is 3.76. The standard InChI is InChI=1S/C12H15FO2/c1-9(12(14)15)3-2-4-10-5-7-11(13)8-6-10/h5-9H,2-4H2,1H3,(H,14,15). The zero-order valence-corrected chi connectivity index (χ0v) is 8.74. The topological polar surface area (TPSA) is 37.3 Å². The lowest BCUT2D eigenvalue weighted by Gasteiger charge is -2.05. The van der Waals surface area contributed by atoms with Gasteiger partial charge in [-0.05, 0) is 37.0 Å². The monoisotopic (exact) mass is 210 g/mol. The van der Waals surface area contributed by atoms with Gasteiger partial charge in [-0.25, -0.2) is 4.39 Å². The molecule has 3 heteroatoms. The highest BCUT2D eigenvalue weighted by atomic mass is 19.1. The number of carboxylic acid groups (broad SMARTS) is 1. The Morgan fingerprint density at radius 1 is 1.40 bits per heavy atom. The summed E-state index contributed by atoms with van der Waals surface area (Å²) in [4.78, 5) is 10.5. The highest BCUT2D eigenvalue weighted by Gasteiger charge is 2.09. The van der Waals surface area contributed by atoms with E-state index in [0.717, 1.165) is 18.4 Å². The normalized spacial score (nSPS) is 12.4. The third-order valence-corrected chi connectivity index (χ3v) is 2.44. The van der Waals surface area contributed by atoms with Crippen LogP contribution in [0.5, 0.6) is 0 Å². The van der Waals surface area contributed by atoms with Crippen LogP contribution in [-0.4, -0.2) is 11.1 Å². The second kappa shape index (κ2) is 5.49. The fraction of sp³-hybridized carbons (Fsp3) is 0.417. The molecule has 1 aromatic rings. The van der Waals surface area contributed by atoms with Crippen molar-refractivity contribution in [3.05, 3.63) is 35.6 Å². The molecule has 1 N–H and O–H groups in total. The molecule has 0 aromatic heterocycles. The third-order valence-electron chi connectivity index (χ3n) is 2.44. The van der Waals surface area contributed by atoms with E-state index in [0.29, 0.717) is 6.42 Å². The molecule has 0 saturated heterocycles. The van der Waals surface area contributed by atoms with Crippen LogP contribution in [0.2, 0.25) is 0 Å². The van der Waals surface area contributed by atoms with Gasteiger partial charge in [-0.1, -0.05) is 19.1 Å². The number of hydrogen-bond donors (Lipinski definition) is 1. The molecule has 0 bridgehead atoms. The van der Waals surface area contributed by atoms with Crippen LogP contribution in [-0.2, 0) is 11.2 Å². The van der Waals surface area contributed by atoms with Gasteiger partial charge in [0.1, 0.15) is 5.82 Å². The number of aliphatic carboxylic acids is 1. The maximum atomic E-state index is 12.6. The summed E-state index contributed by atoms with van der Waals surface area (Å²) in [6, 6.07) is 6.33. The summed E-state index contributed by atoms with van der Waals surface area (Å²) in [6.45, 7) is 1.70. The molecule has 0 amide bonds. The smallest absolute Gasteiger partial charge is 0.306 e. The molecule has 0 spiro atoms. The van der Waals surface area contributed by atoms with E-state index in [1.54, 1.807) is 19.1 Å². The van der Waals surface area contributed by atoms with Crippen molar-refractivity contribution in [2.75, 3.05) is 0 Å². The Morgan fingerprint density at radius 3 is 2.53 bits per heavy atom. The van der Waals surface area contributed by atoms with E-state index in [-0.39, 0.29) is 11.7 Å². The molecular formula is C12H15FO2. The minimum absolute atomic E-state index is 0.238. The minimum atomic E-state index is -0.755. The predicted octanol–water partition coefficient (Wildman–Crippen LogP) is 2.87. The van der Waals surface area contributed by atoms with E-state index in [9.17, 15) is 9.18 Å². The maximum absolute atomic E-state index is 12.6. The zero-order chi connectivity index (χ0) is 11.3. The third kappa shape index (κ3) is 4.11. The van der Waals surface area contributed by atoms with Gasteiger partial charge in [0.15, 0.2) is 0 Å². The van der Waals surface area contributed by atoms with Crippen LogP contribution in [0.3, 0.4) is 0 Å². The van der Waals surface area contributed by atoms with Crippen molar-refractivity contribution in [2.24, 2.45) is 5.92 Å². The van der Waals surface area contributed by atoms with Crippen LogP contribution in [0, 0.1) is 11.7 Å². The van der Waals surface area contributed by atoms with E-state index < -0.39 is 5.97 Å². The predicted molar refractivity (Wildman–Crippen MR) is 56.1 cm³/mol. The van der Waals surface area contributed by atoms with Gasteiger partial charge >= 0.3 is 5.97 Å². The number of aryl methyl sites for hydroxylation is 1. The Morgan fingerprint density at radius 2 is 2.00 bits per heavy atom. The number of benzene rings is 1. The lowest BCUT2D eigenvalue weighted by molar-refractivity contribution is -0.141. The fourth-order valence-electron chi connectivity index (χ4n) is 1.39. The first-order valence-corrected chi connectivity index (χ1v) is 5.07. The Balaban J connectivity index is 2.32. The maximum Gasteiger partial charge on any atom is 0.306 e. The zero-order valence-electron chi connectivity index (χ0n) is 8.74. The Bertz CT molecular complexity index is 319. The first-order valence-electron chi connectivity index (χ1n) is 5.07. The summed E-state index contributed by atoms with van der Waals surface area (Å²) < 4.78 is 12.6. The molecule has 1 atom stereocenters. The summed E-state index contributed by atoms with van der Waals surface area (Å²) in [6.07, 6.45) is 2.28. The van der Waals surface area contributed by atoms with Gasteiger partial charge in [0.05, 0.1) is 5.92 Å². The molecule has 1 rings (SSSR count). The fourth-order valence-corrected chi connectivity index (χ4v) is 1.39. The average Bonchev–Trinajstić information content (AvgIpc) is 2.20. The molecule has 2 nitrogen and oxygen atoms in total. The molecule has 0 saturated carbocycles. The van der Waals surface area contributed by atoms with Crippen molar-refractivity contribution >= 4 is 5.97 Å². The molecule has 0 aliphatic carbocycles. The molecule has 82 valence electrons. The van der Waals surface area contributed by atoms with Crippen molar-refractivity contribution in [3.8, 4) is 0 Å². The number of carboxylic acids is 1. The van der Waals surface area contributed by atoms with Crippen molar-refractivity contribution in [2.45, 2.75) is 26.2 Å². The van der Waals surface area contributed by atoms with Gasteiger partial charge in [0.2, 0.25) is 0 Å². The van der Waals surface area contributed by atoms with Gasteiger partial charge in [0.25, 0.3) is 0 Å². The van der Waals surface area contributed by atoms with Gasteiger partial charge in [-0.2, -0.15) is 0 Å². The molecule has 0 aliphatic heterocycles. The first kappa shape index (κ1) is 11.7. The van der Waals surface area contributed by atoms with Crippen molar-refractivity contribution in [1.29, 1.82) is 0 Å². The minimum Gasteiger partial charge on any atom is -0.481 e. The summed E-state index contributed by atoms with van der Waals surface area (Å²) in [5.74, 6) is -1.29. The van der Waals surface area contributed by atoms with Gasteiger partial charge in [0, 0.05) is 0 Å². The van der Waals surface area contributed by atoms with E-state index in [1.165, 1.54) is 12.1 Å². The molecule has 1 aromatic carbocycles. The molecular weight excluding hydrogens is 195 g/mol. The number of carbonyl (C=O) groups is 1. The van der Waals surface area contributed by atoms with Gasteiger partial charge < -0.3 is 5.11 Å². The number of hydrogen-bond acceptors (Lipinski definition) is 1. The average molecular weight is 210 g/mol. The lowest BCUT2D eigenvalue weighted by atomic mass is 10.0. The van der Waals surface area contributed by atoms with Gasteiger partial charge in [-0.3, -0.25) is 4.79 Å². The molecule has 1 unspecified atom stereocenters. The van der Waals surface area contributed by atoms with Crippen LogP contribution >= 0.6 is 0 Å². The van der Waals surface area contributed by atoms with Crippen LogP contribution in [0.25, 0.3) is 0 Å². The van der Waals surface area contributed by atoms with Crippen LogP contribution in [0.1, 0.15) is 25.3 Å². The van der Waals surface area contributed by atoms with E-state index in [2.05, 4.69) is 0 Å². The Kier molecular flexibility index (Phi) is 4.28. The van der Waals surface area contributed by atoms with Crippen molar-refractivity contribution in [3.63, 3.8) is 0 Å². The molecule has 0 aliphatic rings. The summed E-state index contributed by atoms with van der Waals surface area (Å²) >= 11 is 0. The van der Waals surface area contributed by atoms with Crippen LogP contribution < -0.4 is 0 Å². The van der Waals surface area contributed by atoms with Gasteiger partial charge in [-0.15, -0.1) is 0 Å². The highest BCUT2D eigenvalue weighted by molar-refractivity contribution is 5.69. The Labute approximate surface area is 88.7 Å². The Hall–Kier alpha value is -1.38. The first-order chi connectivity index (χ1) is 7.09. The summed E-state index contributed by atoms with van der Waals surface area (Å²) in [7, 11) is 0. The summed E-state index contributed by atoms with van der Waals surface area (Å²) in [5.41, 5.74) is 1.05. The molecule has 0 radical (unpaired) electrons. The van der Waals surface area contributed by atoms with E-state index in [1.807, 2.05) is 0 Å². The lowest BCUT2D eigenvalue weighted by Crippen LogP contribution is -2.09.